The molecule has 17 heavy (non-hydrogen) atoms. The average Bonchev–Trinajstić information content (AvgIpc) is 2.34. The molecule has 3 nitrogen and oxygen atoms in total. The second-order valence-electron chi connectivity index (χ2n) is 3.82. The van der Waals surface area contributed by atoms with Gasteiger partial charge in [0.15, 0.2) is 0 Å². The third-order valence-electron chi connectivity index (χ3n) is 2.64. The highest BCUT2D eigenvalue weighted by Gasteiger charge is 2.05. The molecule has 4 heteroatoms. The van der Waals surface area contributed by atoms with Gasteiger partial charge in [0.05, 0.1) is 12.1 Å². The molecule has 1 aromatic heterocycles. The fourth-order valence-electron chi connectivity index (χ4n) is 1.77. The lowest BCUT2D eigenvalue weighted by molar-refractivity contribution is 0.322. The van der Waals surface area contributed by atoms with Crippen LogP contribution in [0.4, 0.5) is 0 Å². The van der Waals surface area contributed by atoms with Gasteiger partial charge in [-0.25, -0.2) is 0 Å². The van der Waals surface area contributed by atoms with Crippen LogP contribution in [0, 0.1) is 0 Å². The fourth-order valence-corrected chi connectivity index (χ4v) is 2.08. The first-order chi connectivity index (χ1) is 8.24. The van der Waals surface area contributed by atoms with E-state index < -0.39 is 0 Å². The molecule has 2 rings (SSSR count). The highest BCUT2D eigenvalue weighted by molar-refractivity contribution is 14.1. The minimum absolute atomic E-state index is 0.0116. The Morgan fingerprint density at radius 1 is 1.29 bits per heavy atom. The van der Waals surface area contributed by atoms with Crippen molar-refractivity contribution in [1.29, 1.82) is 0 Å². The molecule has 0 saturated heterocycles. The molecule has 2 aromatic rings. The maximum atomic E-state index is 11.6. The van der Waals surface area contributed by atoms with E-state index in [4.69, 9.17) is 4.74 Å². The zero-order valence-corrected chi connectivity index (χ0v) is 11.8. The van der Waals surface area contributed by atoms with Crippen LogP contribution in [0.3, 0.4) is 0 Å². The number of alkyl halides is 1. The molecule has 0 N–H and O–H groups in total. The Bertz CT molecular complexity index is 577. The summed E-state index contributed by atoms with van der Waals surface area (Å²) in [6, 6.07) is 9.26. The molecule has 0 fully saturated rings. The summed E-state index contributed by atoms with van der Waals surface area (Å²) in [7, 11) is 1.77. The van der Waals surface area contributed by atoms with Gasteiger partial charge in [-0.3, -0.25) is 4.79 Å². The number of para-hydroxylation sites is 1. The molecule has 0 radical (unpaired) electrons. The second-order valence-corrected chi connectivity index (χ2v) is 4.89. The number of aryl methyl sites for hydroxylation is 1. The van der Waals surface area contributed by atoms with Crippen LogP contribution < -0.4 is 10.3 Å². The number of hydrogen-bond acceptors (Lipinski definition) is 2. The van der Waals surface area contributed by atoms with Gasteiger partial charge in [-0.1, -0.05) is 34.7 Å². The van der Waals surface area contributed by atoms with Crippen LogP contribution in [0.15, 0.2) is 35.1 Å². The maximum Gasteiger partial charge on any atom is 0.250 e. The first-order valence-electron chi connectivity index (χ1n) is 5.51. The van der Waals surface area contributed by atoms with Crippen molar-refractivity contribution >= 4 is 33.5 Å². The molecule has 1 heterocycles. The van der Waals surface area contributed by atoms with Crippen LogP contribution in [0.5, 0.6) is 5.75 Å². The average molecular weight is 343 g/mol. The second kappa shape index (κ2) is 5.53. The smallest absolute Gasteiger partial charge is 0.250 e. The van der Waals surface area contributed by atoms with Gasteiger partial charge in [0.1, 0.15) is 5.75 Å². The number of aromatic nitrogens is 1. The summed E-state index contributed by atoms with van der Waals surface area (Å²) in [6.45, 7) is 0.686. The molecule has 0 spiro atoms. The Balaban J connectivity index is 2.48. The van der Waals surface area contributed by atoms with E-state index in [1.54, 1.807) is 17.7 Å². The van der Waals surface area contributed by atoms with E-state index in [0.29, 0.717) is 6.61 Å². The largest absolute Gasteiger partial charge is 0.491 e. The van der Waals surface area contributed by atoms with Gasteiger partial charge < -0.3 is 9.30 Å². The van der Waals surface area contributed by atoms with Crippen molar-refractivity contribution in [3.05, 3.63) is 40.7 Å². The van der Waals surface area contributed by atoms with E-state index >= 15 is 0 Å². The first-order valence-corrected chi connectivity index (χ1v) is 7.04. The molecular formula is C13H14INO2. The number of fused-ring (bicyclic) bond motifs is 1. The van der Waals surface area contributed by atoms with E-state index in [2.05, 4.69) is 22.6 Å². The van der Waals surface area contributed by atoms with E-state index in [-0.39, 0.29) is 5.56 Å². The summed E-state index contributed by atoms with van der Waals surface area (Å²) in [5.41, 5.74) is 0.857. The standard InChI is InChI=1S/C13H14INO2/c1-15-12(16)7-6-10-4-2-5-11(13(10)15)17-9-3-8-14/h2,4-7H,3,8-9H2,1H3. The lowest BCUT2D eigenvalue weighted by Gasteiger charge is -2.11. The van der Waals surface area contributed by atoms with Crippen molar-refractivity contribution in [3.8, 4) is 5.75 Å². The number of benzene rings is 1. The number of halogens is 1. The molecule has 1 aromatic carbocycles. The van der Waals surface area contributed by atoms with Crippen LogP contribution >= 0.6 is 22.6 Å². The lowest BCUT2D eigenvalue weighted by atomic mass is 10.2. The highest BCUT2D eigenvalue weighted by Crippen LogP contribution is 2.23. The van der Waals surface area contributed by atoms with Crippen LogP contribution in [0.2, 0.25) is 0 Å². The molecule has 0 amide bonds. The highest BCUT2D eigenvalue weighted by atomic mass is 127. The Morgan fingerprint density at radius 3 is 2.88 bits per heavy atom. The van der Waals surface area contributed by atoms with Gasteiger partial charge in [0.25, 0.3) is 5.56 Å². The molecular weight excluding hydrogens is 329 g/mol. The van der Waals surface area contributed by atoms with Gasteiger partial charge in [0, 0.05) is 22.9 Å². The minimum atomic E-state index is -0.0116. The molecule has 0 atom stereocenters. The third kappa shape index (κ3) is 2.62. The summed E-state index contributed by atoms with van der Waals surface area (Å²) in [5, 5.41) is 1.03. The number of ether oxygens (including phenoxy) is 1. The molecule has 90 valence electrons. The summed E-state index contributed by atoms with van der Waals surface area (Å²) in [6.07, 6.45) is 1.01. The number of hydrogen-bond donors (Lipinski definition) is 0. The molecule has 0 aliphatic heterocycles. The number of nitrogens with zero attached hydrogens (tertiary/aromatic N) is 1. The lowest BCUT2D eigenvalue weighted by Crippen LogP contribution is -2.16. The fraction of sp³-hybridized carbons (Fsp3) is 0.308. The Kier molecular flexibility index (Phi) is 4.04. The Labute approximate surface area is 114 Å². The normalized spacial score (nSPS) is 10.7. The van der Waals surface area contributed by atoms with Crippen molar-refractivity contribution in [1.82, 2.24) is 4.57 Å². The third-order valence-corrected chi connectivity index (χ3v) is 3.40. The minimum Gasteiger partial charge on any atom is -0.491 e. The van der Waals surface area contributed by atoms with Gasteiger partial charge in [-0.05, 0) is 18.6 Å². The molecule has 0 aliphatic carbocycles. The summed E-state index contributed by atoms with van der Waals surface area (Å²) in [4.78, 5) is 11.6. The zero-order valence-electron chi connectivity index (χ0n) is 9.65. The van der Waals surface area contributed by atoms with Crippen molar-refractivity contribution < 1.29 is 4.74 Å². The van der Waals surface area contributed by atoms with Crippen molar-refractivity contribution in [2.24, 2.45) is 7.05 Å². The van der Waals surface area contributed by atoms with Crippen molar-refractivity contribution in [2.75, 3.05) is 11.0 Å². The zero-order chi connectivity index (χ0) is 12.3. The Hall–Kier alpha value is -1.04. The van der Waals surface area contributed by atoms with E-state index in [9.17, 15) is 4.79 Å². The Morgan fingerprint density at radius 2 is 2.12 bits per heavy atom. The monoisotopic (exact) mass is 343 g/mol. The molecule has 0 aliphatic rings. The van der Waals surface area contributed by atoms with Gasteiger partial charge in [-0.2, -0.15) is 0 Å². The van der Waals surface area contributed by atoms with E-state index in [1.165, 1.54) is 0 Å². The molecule has 0 bridgehead atoms. The molecule has 0 unspecified atom stereocenters. The van der Waals surface area contributed by atoms with Crippen LogP contribution in [-0.2, 0) is 7.05 Å². The molecule has 0 saturated carbocycles. The predicted molar refractivity (Wildman–Crippen MR) is 78.2 cm³/mol. The quantitative estimate of drug-likeness (QED) is 0.486. The SMILES string of the molecule is Cn1c(=O)ccc2cccc(OCCCI)c21. The summed E-state index contributed by atoms with van der Waals surface area (Å²) < 4.78 is 8.44. The number of rotatable bonds is 4. The van der Waals surface area contributed by atoms with Crippen LogP contribution in [0.25, 0.3) is 10.9 Å². The first kappa shape index (κ1) is 12.4. The summed E-state index contributed by atoms with van der Waals surface area (Å²) >= 11 is 2.33. The van der Waals surface area contributed by atoms with Crippen molar-refractivity contribution in [2.45, 2.75) is 6.42 Å². The number of pyridine rings is 1. The maximum absolute atomic E-state index is 11.6. The van der Waals surface area contributed by atoms with Crippen LogP contribution in [0.1, 0.15) is 6.42 Å². The van der Waals surface area contributed by atoms with E-state index in [0.717, 1.165) is 27.5 Å². The van der Waals surface area contributed by atoms with Crippen molar-refractivity contribution in [3.63, 3.8) is 0 Å². The van der Waals surface area contributed by atoms with Gasteiger partial charge >= 0.3 is 0 Å². The predicted octanol–water partition coefficient (Wildman–Crippen LogP) is 2.74. The van der Waals surface area contributed by atoms with E-state index in [1.807, 2.05) is 24.3 Å². The van der Waals surface area contributed by atoms with Crippen LogP contribution in [-0.4, -0.2) is 15.6 Å². The van der Waals surface area contributed by atoms with Gasteiger partial charge in [-0.15, -0.1) is 0 Å². The topological polar surface area (TPSA) is 31.2 Å². The van der Waals surface area contributed by atoms with Gasteiger partial charge in [0.2, 0.25) is 0 Å². The summed E-state index contributed by atoms with van der Waals surface area (Å²) in [5.74, 6) is 0.785.